The first-order valence-electron chi connectivity index (χ1n) is 9.92. The SMILES string of the molecule is COc1ccc(C(=O)Nc2c(C)cccc2C(C)C)cc1S(=O)(=O)N1CCOCC1. The van der Waals surface area contributed by atoms with E-state index >= 15 is 0 Å². The van der Waals surface area contributed by atoms with Crippen LogP contribution < -0.4 is 10.1 Å². The normalized spacial score (nSPS) is 15.2. The van der Waals surface area contributed by atoms with Gasteiger partial charge in [-0.25, -0.2) is 8.42 Å². The second-order valence-electron chi connectivity index (χ2n) is 7.53. The number of aryl methyl sites for hydroxylation is 1. The first kappa shape index (κ1) is 22.3. The number of nitrogens with zero attached hydrogens (tertiary/aromatic N) is 1. The van der Waals surface area contributed by atoms with Crippen molar-refractivity contribution in [3.63, 3.8) is 0 Å². The number of hydrogen-bond acceptors (Lipinski definition) is 5. The number of methoxy groups -OCH3 is 1. The Morgan fingerprint density at radius 3 is 2.50 bits per heavy atom. The summed E-state index contributed by atoms with van der Waals surface area (Å²) < 4.78 is 38.2. The van der Waals surface area contributed by atoms with Crippen LogP contribution in [-0.2, 0) is 14.8 Å². The van der Waals surface area contributed by atoms with Crippen molar-refractivity contribution in [1.29, 1.82) is 0 Å². The monoisotopic (exact) mass is 432 g/mol. The zero-order valence-corrected chi connectivity index (χ0v) is 18.6. The highest BCUT2D eigenvalue weighted by molar-refractivity contribution is 7.89. The number of nitrogens with one attached hydrogen (secondary N) is 1. The molecule has 30 heavy (non-hydrogen) atoms. The molecule has 0 spiro atoms. The van der Waals surface area contributed by atoms with E-state index in [4.69, 9.17) is 9.47 Å². The Kier molecular flexibility index (Phi) is 6.80. The van der Waals surface area contributed by atoms with Crippen LogP contribution in [0.5, 0.6) is 5.75 Å². The fraction of sp³-hybridized carbons (Fsp3) is 0.409. The van der Waals surface area contributed by atoms with E-state index in [1.54, 1.807) is 6.07 Å². The minimum absolute atomic E-state index is 0.0200. The van der Waals surface area contributed by atoms with Crippen molar-refractivity contribution in [2.45, 2.75) is 31.6 Å². The van der Waals surface area contributed by atoms with Crippen molar-refractivity contribution in [3.8, 4) is 5.75 Å². The molecule has 3 rings (SSSR count). The number of rotatable bonds is 6. The smallest absolute Gasteiger partial charge is 0.255 e. The van der Waals surface area contributed by atoms with Crippen molar-refractivity contribution in [2.75, 3.05) is 38.7 Å². The largest absolute Gasteiger partial charge is 0.495 e. The number of ether oxygens (including phenoxy) is 2. The molecule has 1 aliphatic rings. The predicted octanol–water partition coefficient (Wildman–Crippen LogP) is 3.40. The van der Waals surface area contributed by atoms with Gasteiger partial charge in [0, 0.05) is 24.3 Å². The summed E-state index contributed by atoms with van der Waals surface area (Å²) in [5, 5.41) is 2.96. The maximum absolute atomic E-state index is 13.2. The van der Waals surface area contributed by atoms with Gasteiger partial charge in [-0.2, -0.15) is 4.31 Å². The number of anilines is 1. The molecule has 7 nitrogen and oxygen atoms in total. The first-order valence-corrected chi connectivity index (χ1v) is 11.4. The third-order valence-corrected chi connectivity index (χ3v) is 7.10. The lowest BCUT2D eigenvalue weighted by atomic mass is 9.98. The van der Waals surface area contributed by atoms with Gasteiger partial charge in [-0.3, -0.25) is 4.79 Å². The van der Waals surface area contributed by atoms with E-state index in [0.29, 0.717) is 13.2 Å². The lowest BCUT2D eigenvalue weighted by molar-refractivity contribution is 0.0729. The molecule has 1 saturated heterocycles. The van der Waals surface area contributed by atoms with Crippen molar-refractivity contribution >= 4 is 21.6 Å². The average molecular weight is 433 g/mol. The minimum Gasteiger partial charge on any atom is -0.495 e. The van der Waals surface area contributed by atoms with Crippen molar-refractivity contribution < 1.29 is 22.7 Å². The van der Waals surface area contributed by atoms with Gasteiger partial charge in [0.15, 0.2) is 0 Å². The molecule has 1 heterocycles. The molecule has 1 aliphatic heterocycles. The second kappa shape index (κ2) is 9.16. The molecule has 1 fully saturated rings. The molecule has 8 heteroatoms. The minimum atomic E-state index is -3.82. The third-order valence-electron chi connectivity index (χ3n) is 5.18. The molecule has 2 aromatic rings. The summed E-state index contributed by atoms with van der Waals surface area (Å²) in [4.78, 5) is 13.0. The molecule has 0 atom stereocenters. The highest BCUT2D eigenvalue weighted by Gasteiger charge is 2.30. The molecule has 162 valence electrons. The van der Waals surface area contributed by atoms with E-state index in [-0.39, 0.29) is 41.1 Å². The maximum Gasteiger partial charge on any atom is 0.255 e. The summed E-state index contributed by atoms with van der Waals surface area (Å²) in [7, 11) is -2.40. The molecule has 0 saturated carbocycles. The van der Waals surface area contributed by atoms with Crippen molar-refractivity contribution in [2.24, 2.45) is 0 Å². The van der Waals surface area contributed by atoms with Crippen LogP contribution in [-0.4, -0.2) is 52.0 Å². The van der Waals surface area contributed by atoms with E-state index in [1.165, 1.54) is 23.5 Å². The lowest BCUT2D eigenvalue weighted by Crippen LogP contribution is -2.40. The second-order valence-corrected chi connectivity index (χ2v) is 9.44. The number of para-hydroxylation sites is 1. The van der Waals surface area contributed by atoms with Crippen LogP contribution in [0.2, 0.25) is 0 Å². The van der Waals surface area contributed by atoms with Crippen LogP contribution in [0.1, 0.15) is 41.3 Å². The Morgan fingerprint density at radius 1 is 1.17 bits per heavy atom. The summed E-state index contributed by atoms with van der Waals surface area (Å²) in [6.45, 7) is 7.27. The van der Waals surface area contributed by atoms with Crippen molar-refractivity contribution in [1.82, 2.24) is 4.31 Å². The topological polar surface area (TPSA) is 84.9 Å². The number of sulfonamides is 1. The summed E-state index contributed by atoms with van der Waals surface area (Å²) in [6, 6.07) is 10.3. The number of hydrogen-bond donors (Lipinski definition) is 1. The highest BCUT2D eigenvalue weighted by Crippen LogP contribution is 2.31. The maximum atomic E-state index is 13.2. The van der Waals surface area contributed by atoms with E-state index < -0.39 is 10.0 Å². The number of carbonyl (C=O) groups excluding carboxylic acids is 1. The summed E-state index contributed by atoms with van der Waals surface area (Å²) in [6.07, 6.45) is 0. The zero-order valence-electron chi connectivity index (χ0n) is 17.8. The molecule has 2 aromatic carbocycles. The van der Waals surface area contributed by atoms with Gasteiger partial charge >= 0.3 is 0 Å². The van der Waals surface area contributed by atoms with Crippen molar-refractivity contribution in [3.05, 3.63) is 53.1 Å². The van der Waals surface area contributed by atoms with E-state index in [0.717, 1.165) is 16.8 Å². The number of carbonyl (C=O) groups is 1. The standard InChI is InChI=1S/C22H28N2O5S/c1-15(2)18-7-5-6-16(3)21(18)23-22(25)17-8-9-19(28-4)20(14-17)30(26,27)24-10-12-29-13-11-24/h5-9,14-15H,10-13H2,1-4H3,(H,23,25). The quantitative estimate of drug-likeness (QED) is 0.756. The molecular weight excluding hydrogens is 404 g/mol. The Morgan fingerprint density at radius 2 is 1.87 bits per heavy atom. The number of amides is 1. The molecule has 1 amide bonds. The molecule has 0 unspecified atom stereocenters. The Bertz CT molecular complexity index is 1030. The molecule has 0 aliphatic carbocycles. The Balaban J connectivity index is 1.96. The van der Waals surface area contributed by atoms with E-state index in [2.05, 4.69) is 19.2 Å². The lowest BCUT2D eigenvalue weighted by Gasteiger charge is -2.26. The van der Waals surface area contributed by atoms with Crippen LogP contribution in [0.3, 0.4) is 0 Å². The molecule has 0 bridgehead atoms. The van der Waals surface area contributed by atoms with Gasteiger partial charge in [-0.1, -0.05) is 32.0 Å². The molecular formula is C22H28N2O5S. The van der Waals surface area contributed by atoms with Gasteiger partial charge in [0.25, 0.3) is 5.91 Å². The number of benzene rings is 2. The molecule has 0 aromatic heterocycles. The fourth-order valence-electron chi connectivity index (χ4n) is 3.47. The Labute approximate surface area is 178 Å². The van der Waals surface area contributed by atoms with Crippen LogP contribution >= 0.6 is 0 Å². The van der Waals surface area contributed by atoms with Gasteiger partial charge in [-0.15, -0.1) is 0 Å². The summed E-state index contributed by atoms with van der Waals surface area (Å²) >= 11 is 0. The van der Waals surface area contributed by atoms with Gasteiger partial charge in [0.2, 0.25) is 10.0 Å². The third kappa shape index (κ3) is 4.50. The van der Waals surface area contributed by atoms with Gasteiger partial charge in [0.05, 0.1) is 20.3 Å². The Hall–Kier alpha value is -2.42. The van der Waals surface area contributed by atoms with Gasteiger partial charge in [-0.05, 0) is 42.2 Å². The average Bonchev–Trinajstić information content (AvgIpc) is 2.75. The zero-order chi connectivity index (χ0) is 21.9. The predicted molar refractivity (Wildman–Crippen MR) is 116 cm³/mol. The molecule has 1 N–H and O–H groups in total. The number of morpholine rings is 1. The summed E-state index contributed by atoms with van der Waals surface area (Å²) in [5.41, 5.74) is 2.98. The van der Waals surface area contributed by atoms with Crippen LogP contribution in [0.15, 0.2) is 41.3 Å². The van der Waals surface area contributed by atoms with Gasteiger partial charge in [0.1, 0.15) is 10.6 Å². The van der Waals surface area contributed by atoms with E-state index in [1.807, 2.05) is 25.1 Å². The molecule has 0 radical (unpaired) electrons. The van der Waals surface area contributed by atoms with Crippen LogP contribution in [0.25, 0.3) is 0 Å². The fourth-order valence-corrected chi connectivity index (χ4v) is 5.06. The van der Waals surface area contributed by atoms with Crippen LogP contribution in [0, 0.1) is 6.92 Å². The van der Waals surface area contributed by atoms with E-state index in [9.17, 15) is 13.2 Å². The van der Waals surface area contributed by atoms with Gasteiger partial charge < -0.3 is 14.8 Å². The summed E-state index contributed by atoms with van der Waals surface area (Å²) in [5.74, 6) is 0.0670. The van der Waals surface area contributed by atoms with Crippen LogP contribution in [0.4, 0.5) is 5.69 Å². The highest BCUT2D eigenvalue weighted by atomic mass is 32.2. The first-order chi connectivity index (χ1) is 14.3.